The van der Waals surface area contributed by atoms with Gasteiger partial charge in [-0.3, -0.25) is 4.79 Å². The molecule has 1 aromatic heterocycles. The fourth-order valence-corrected chi connectivity index (χ4v) is 3.76. The molecule has 7 nitrogen and oxygen atoms in total. The molecule has 0 radical (unpaired) electrons. The second-order valence-electron chi connectivity index (χ2n) is 6.29. The van der Waals surface area contributed by atoms with Gasteiger partial charge < -0.3 is 9.84 Å². The number of hydrogen-bond acceptors (Lipinski definition) is 5. The van der Waals surface area contributed by atoms with Gasteiger partial charge >= 0.3 is 0 Å². The van der Waals surface area contributed by atoms with Gasteiger partial charge in [0.25, 0.3) is 5.91 Å². The summed E-state index contributed by atoms with van der Waals surface area (Å²) < 4.78 is 32.5. The van der Waals surface area contributed by atoms with Crippen LogP contribution in [-0.2, 0) is 16.4 Å². The number of nitrogens with one attached hydrogen (secondary N) is 2. The van der Waals surface area contributed by atoms with E-state index in [0.29, 0.717) is 18.7 Å². The number of nitrogens with zero attached hydrogens (tertiary/aromatic N) is 1. The summed E-state index contributed by atoms with van der Waals surface area (Å²) in [7, 11) is -3.70. The van der Waals surface area contributed by atoms with Crippen molar-refractivity contribution in [2.24, 2.45) is 0 Å². The van der Waals surface area contributed by atoms with E-state index in [2.05, 4.69) is 15.2 Å². The lowest BCUT2D eigenvalue weighted by molar-refractivity contribution is 0.102. The summed E-state index contributed by atoms with van der Waals surface area (Å²) >= 11 is 0. The zero-order chi connectivity index (χ0) is 20.0. The molecule has 0 saturated carbocycles. The van der Waals surface area contributed by atoms with Crippen LogP contribution in [0, 0.1) is 6.92 Å². The van der Waals surface area contributed by atoms with E-state index in [0.717, 1.165) is 12.0 Å². The summed E-state index contributed by atoms with van der Waals surface area (Å²) in [6, 6.07) is 17.3. The molecule has 0 aliphatic rings. The first-order valence-corrected chi connectivity index (χ1v) is 10.3. The van der Waals surface area contributed by atoms with E-state index in [1.54, 1.807) is 13.0 Å². The monoisotopic (exact) mass is 399 g/mol. The molecule has 0 fully saturated rings. The van der Waals surface area contributed by atoms with Gasteiger partial charge in [-0.2, -0.15) is 0 Å². The molecule has 1 amide bonds. The number of carbonyl (C=O) groups is 1. The van der Waals surface area contributed by atoms with Crippen molar-refractivity contribution >= 4 is 21.7 Å². The molecule has 1 heterocycles. The topological polar surface area (TPSA) is 101 Å². The predicted octanol–water partition coefficient (Wildman–Crippen LogP) is 3.15. The summed E-state index contributed by atoms with van der Waals surface area (Å²) in [5.74, 6) is 0.371. The maximum Gasteiger partial charge on any atom is 0.256 e. The van der Waals surface area contributed by atoms with Crippen molar-refractivity contribution in [2.75, 3.05) is 11.9 Å². The number of benzene rings is 2. The van der Waals surface area contributed by atoms with Crippen molar-refractivity contribution in [3.63, 3.8) is 0 Å². The minimum Gasteiger partial charge on any atom is -0.360 e. The molecule has 3 rings (SSSR count). The van der Waals surface area contributed by atoms with E-state index in [1.165, 1.54) is 24.3 Å². The van der Waals surface area contributed by atoms with Gasteiger partial charge in [-0.05, 0) is 43.5 Å². The molecule has 2 aromatic carbocycles. The highest BCUT2D eigenvalue weighted by Crippen LogP contribution is 2.14. The van der Waals surface area contributed by atoms with Gasteiger partial charge in [0.05, 0.1) is 4.90 Å². The number of rotatable bonds is 8. The number of amides is 1. The van der Waals surface area contributed by atoms with Crippen molar-refractivity contribution < 1.29 is 17.7 Å². The minimum absolute atomic E-state index is 0.0381. The van der Waals surface area contributed by atoms with E-state index >= 15 is 0 Å². The quantitative estimate of drug-likeness (QED) is 0.567. The Morgan fingerprint density at radius 1 is 1.07 bits per heavy atom. The van der Waals surface area contributed by atoms with Crippen LogP contribution >= 0.6 is 0 Å². The molecule has 28 heavy (non-hydrogen) atoms. The van der Waals surface area contributed by atoms with Crippen LogP contribution in [0.15, 0.2) is 70.1 Å². The molecule has 0 saturated heterocycles. The first-order valence-electron chi connectivity index (χ1n) is 8.82. The normalized spacial score (nSPS) is 11.3. The number of hydrogen-bond donors (Lipinski definition) is 2. The van der Waals surface area contributed by atoms with E-state index in [-0.39, 0.29) is 16.3 Å². The third-order valence-electron chi connectivity index (χ3n) is 4.05. The van der Waals surface area contributed by atoms with Gasteiger partial charge in [0, 0.05) is 18.2 Å². The summed E-state index contributed by atoms with van der Waals surface area (Å²) in [5, 5.41) is 6.26. The Morgan fingerprint density at radius 3 is 2.57 bits per heavy atom. The van der Waals surface area contributed by atoms with Crippen molar-refractivity contribution in [1.29, 1.82) is 0 Å². The van der Waals surface area contributed by atoms with Gasteiger partial charge in [-0.1, -0.05) is 41.6 Å². The van der Waals surface area contributed by atoms with Crippen molar-refractivity contribution in [2.45, 2.75) is 24.7 Å². The standard InChI is InChI=1S/C20H21N3O4S/c1-15-13-19(23-27-15)22-20(24)17-10-5-11-18(14-17)28(25,26)21-12-6-9-16-7-3-2-4-8-16/h2-5,7-8,10-11,13-14,21H,6,9,12H2,1H3,(H,22,23,24). The molecule has 3 aromatic rings. The summed E-state index contributed by atoms with van der Waals surface area (Å²) in [6.45, 7) is 2.02. The molecular weight excluding hydrogens is 378 g/mol. The minimum atomic E-state index is -3.70. The number of sulfonamides is 1. The number of carbonyl (C=O) groups excluding carboxylic acids is 1. The van der Waals surface area contributed by atoms with E-state index in [4.69, 9.17) is 4.52 Å². The molecule has 2 N–H and O–H groups in total. The maximum atomic E-state index is 12.5. The lowest BCUT2D eigenvalue weighted by Gasteiger charge is -2.08. The van der Waals surface area contributed by atoms with Crippen molar-refractivity contribution in [3.05, 3.63) is 77.6 Å². The van der Waals surface area contributed by atoms with E-state index < -0.39 is 15.9 Å². The lowest BCUT2D eigenvalue weighted by Crippen LogP contribution is -2.25. The molecule has 0 unspecified atom stereocenters. The van der Waals surface area contributed by atoms with E-state index in [1.807, 2.05) is 30.3 Å². The van der Waals surface area contributed by atoms with Gasteiger partial charge in [0.1, 0.15) is 5.76 Å². The number of aryl methyl sites for hydroxylation is 2. The third-order valence-corrected chi connectivity index (χ3v) is 5.51. The number of aromatic nitrogens is 1. The Hall–Kier alpha value is -2.97. The highest BCUT2D eigenvalue weighted by Gasteiger charge is 2.16. The number of anilines is 1. The summed E-state index contributed by atoms with van der Waals surface area (Å²) in [4.78, 5) is 12.3. The lowest BCUT2D eigenvalue weighted by atomic mass is 10.1. The van der Waals surface area contributed by atoms with Crippen LogP contribution in [0.1, 0.15) is 28.1 Å². The van der Waals surface area contributed by atoms with Gasteiger partial charge in [0.15, 0.2) is 5.82 Å². The van der Waals surface area contributed by atoms with Gasteiger partial charge in [0.2, 0.25) is 10.0 Å². The van der Waals surface area contributed by atoms with Crippen LogP contribution in [0.3, 0.4) is 0 Å². The fourth-order valence-electron chi connectivity index (χ4n) is 2.65. The average Bonchev–Trinajstić information content (AvgIpc) is 3.11. The second-order valence-corrected chi connectivity index (χ2v) is 8.06. The molecule has 0 atom stereocenters. The molecule has 8 heteroatoms. The van der Waals surface area contributed by atoms with Gasteiger partial charge in [-0.15, -0.1) is 0 Å². The van der Waals surface area contributed by atoms with Crippen LogP contribution in [0.4, 0.5) is 5.82 Å². The Labute approximate surface area is 163 Å². The summed E-state index contributed by atoms with van der Waals surface area (Å²) in [6.07, 6.45) is 1.46. The Bertz CT molecular complexity index is 1050. The van der Waals surface area contributed by atoms with Crippen LogP contribution in [0.2, 0.25) is 0 Å². The molecule has 0 bridgehead atoms. The second kappa shape index (κ2) is 8.81. The van der Waals surface area contributed by atoms with Crippen LogP contribution < -0.4 is 10.0 Å². The van der Waals surface area contributed by atoms with E-state index in [9.17, 15) is 13.2 Å². The van der Waals surface area contributed by atoms with Gasteiger partial charge in [-0.25, -0.2) is 13.1 Å². The van der Waals surface area contributed by atoms with Crippen LogP contribution in [-0.4, -0.2) is 26.0 Å². The van der Waals surface area contributed by atoms with Crippen molar-refractivity contribution in [1.82, 2.24) is 9.88 Å². The zero-order valence-electron chi connectivity index (χ0n) is 15.4. The molecule has 146 valence electrons. The van der Waals surface area contributed by atoms with Crippen molar-refractivity contribution in [3.8, 4) is 0 Å². The Balaban J connectivity index is 1.60. The Morgan fingerprint density at radius 2 is 1.86 bits per heavy atom. The predicted molar refractivity (Wildman–Crippen MR) is 106 cm³/mol. The fraction of sp³-hybridized carbons (Fsp3) is 0.200. The highest BCUT2D eigenvalue weighted by molar-refractivity contribution is 7.89. The SMILES string of the molecule is Cc1cc(NC(=O)c2cccc(S(=O)(=O)NCCCc3ccccc3)c2)no1. The third kappa shape index (κ3) is 5.28. The summed E-state index contributed by atoms with van der Waals surface area (Å²) in [5.41, 5.74) is 1.37. The zero-order valence-corrected chi connectivity index (χ0v) is 16.2. The molecule has 0 aliphatic carbocycles. The smallest absolute Gasteiger partial charge is 0.256 e. The Kier molecular flexibility index (Phi) is 6.23. The van der Waals surface area contributed by atoms with Crippen LogP contribution in [0.25, 0.3) is 0 Å². The first-order chi connectivity index (χ1) is 13.4. The molecule has 0 spiro atoms. The largest absolute Gasteiger partial charge is 0.360 e. The van der Waals surface area contributed by atoms with Crippen LogP contribution in [0.5, 0.6) is 0 Å². The average molecular weight is 399 g/mol. The highest BCUT2D eigenvalue weighted by atomic mass is 32.2. The molecule has 0 aliphatic heterocycles. The maximum absolute atomic E-state index is 12.5. The first kappa shape index (κ1) is 19.8. The molecular formula is C20H21N3O4S.